The zero-order valence-corrected chi connectivity index (χ0v) is 15.0. The second-order valence-corrected chi connectivity index (χ2v) is 6.81. The maximum absolute atomic E-state index is 13.0. The Kier molecular flexibility index (Phi) is 6.65. The molecule has 0 bridgehead atoms. The van der Waals surface area contributed by atoms with Gasteiger partial charge in [-0.3, -0.25) is 0 Å². The third-order valence-electron chi connectivity index (χ3n) is 4.60. The van der Waals surface area contributed by atoms with Gasteiger partial charge >= 0.3 is 6.18 Å². The minimum Gasteiger partial charge on any atom is -0.359 e. The first-order valence-electron chi connectivity index (χ1n) is 8.45. The van der Waals surface area contributed by atoms with Crippen molar-refractivity contribution in [2.45, 2.75) is 51.2 Å². The zero-order chi connectivity index (χ0) is 18.4. The molecule has 2 atom stereocenters. The number of nitrogens with one attached hydrogen (secondary N) is 1. The van der Waals surface area contributed by atoms with Gasteiger partial charge in [0.05, 0.1) is 18.1 Å². The Labute approximate surface area is 151 Å². The molecule has 0 saturated heterocycles. The van der Waals surface area contributed by atoms with Gasteiger partial charge in [-0.25, -0.2) is 0 Å². The molecule has 0 aliphatic heterocycles. The van der Waals surface area contributed by atoms with E-state index in [0.717, 1.165) is 31.4 Å². The molecule has 2 rings (SSSR count). The molecule has 0 unspecified atom stereocenters. The Bertz CT molecular complexity index is 639. The van der Waals surface area contributed by atoms with Crippen molar-refractivity contribution in [2.24, 2.45) is 5.92 Å². The summed E-state index contributed by atoms with van der Waals surface area (Å²) in [7, 11) is 0. The minimum absolute atomic E-state index is 0.179. The molecule has 7 heteroatoms. The second-order valence-electron chi connectivity index (χ2n) is 6.43. The van der Waals surface area contributed by atoms with Crippen LogP contribution < -0.4 is 10.2 Å². The highest BCUT2D eigenvalue weighted by Gasteiger charge is 2.31. The predicted molar refractivity (Wildman–Crippen MR) is 96.2 cm³/mol. The van der Waals surface area contributed by atoms with Gasteiger partial charge in [-0.15, -0.1) is 0 Å². The maximum atomic E-state index is 13.0. The van der Waals surface area contributed by atoms with Gasteiger partial charge in [0.2, 0.25) is 0 Å². The van der Waals surface area contributed by atoms with Crippen LogP contribution in [0.15, 0.2) is 24.3 Å². The second kappa shape index (κ2) is 8.52. The topological polar surface area (TPSA) is 39.1 Å². The van der Waals surface area contributed by atoms with Crippen LogP contribution in [0.25, 0.3) is 0 Å². The van der Waals surface area contributed by atoms with Crippen molar-refractivity contribution in [3.63, 3.8) is 0 Å². The lowest BCUT2D eigenvalue weighted by molar-refractivity contribution is -0.137. The number of alkyl halides is 3. The number of nitrogens with zero attached hydrogens (tertiary/aromatic N) is 2. The van der Waals surface area contributed by atoms with Crippen LogP contribution in [0.1, 0.15) is 44.6 Å². The number of thiocarbonyl (C=S) groups is 1. The van der Waals surface area contributed by atoms with Crippen LogP contribution in [-0.2, 0) is 6.18 Å². The van der Waals surface area contributed by atoms with Gasteiger partial charge in [0, 0.05) is 18.3 Å². The fourth-order valence-corrected chi connectivity index (χ4v) is 3.48. The van der Waals surface area contributed by atoms with Crippen molar-refractivity contribution in [1.82, 2.24) is 5.32 Å². The molecule has 0 amide bonds. The van der Waals surface area contributed by atoms with Gasteiger partial charge in [-0.05, 0) is 49.2 Å². The third kappa shape index (κ3) is 5.33. The maximum Gasteiger partial charge on any atom is 0.416 e. The highest BCUT2D eigenvalue weighted by atomic mass is 32.1. The van der Waals surface area contributed by atoms with Crippen LogP contribution in [0, 0.1) is 17.2 Å². The van der Waals surface area contributed by atoms with Gasteiger partial charge in [0.25, 0.3) is 0 Å². The number of hydrogen-bond donors (Lipinski definition) is 1. The van der Waals surface area contributed by atoms with Gasteiger partial charge in [0.15, 0.2) is 5.11 Å². The molecule has 0 aromatic heterocycles. The molecule has 1 aromatic carbocycles. The van der Waals surface area contributed by atoms with E-state index in [1.807, 2.05) is 6.07 Å². The molecule has 1 N–H and O–H groups in total. The molecule has 1 aromatic rings. The van der Waals surface area contributed by atoms with E-state index in [-0.39, 0.29) is 19.0 Å². The Balaban J connectivity index is 2.20. The summed E-state index contributed by atoms with van der Waals surface area (Å²) in [4.78, 5) is 1.59. The lowest BCUT2D eigenvalue weighted by Crippen LogP contribution is -2.48. The molecule has 0 radical (unpaired) electrons. The predicted octanol–water partition coefficient (Wildman–Crippen LogP) is 4.88. The van der Waals surface area contributed by atoms with E-state index >= 15 is 0 Å². The smallest absolute Gasteiger partial charge is 0.359 e. The van der Waals surface area contributed by atoms with Gasteiger partial charge in [-0.2, -0.15) is 18.4 Å². The summed E-state index contributed by atoms with van der Waals surface area (Å²) in [6.07, 6.45) is 0.185. The quantitative estimate of drug-likeness (QED) is 0.768. The lowest BCUT2D eigenvalue weighted by Gasteiger charge is -2.34. The van der Waals surface area contributed by atoms with Crippen LogP contribution >= 0.6 is 12.2 Å². The highest BCUT2D eigenvalue weighted by Crippen LogP contribution is 2.32. The van der Waals surface area contributed by atoms with Gasteiger partial charge < -0.3 is 10.2 Å². The fraction of sp³-hybridized carbons (Fsp3) is 0.556. The van der Waals surface area contributed by atoms with E-state index in [1.165, 1.54) is 12.5 Å². The molecule has 1 aliphatic rings. The normalized spacial score (nSPS) is 20.6. The largest absolute Gasteiger partial charge is 0.416 e. The average Bonchev–Trinajstić information content (AvgIpc) is 2.57. The molecule has 3 nitrogen and oxygen atoms in total. The summed E-state index contributed by atoms with van der Waals surface area (Å²) in [5, 5.41) is 12.6. The summed E-state index contributed by atoms with van der Waals surface area (Å²) in [5.41, 5.74) is -0.369. The van der Waals surface area contributed by atoms with E-state index < -0.39 is 11.7 Å². The van der Waals surface area contributed by atoms with Gasteiger partial charge in [-0.1, -0.05) is 25.8 Å². The third-order valence-corrected chi connectivity index (χ3v) is 4.94. The average molecular weight is 369 g/mol. The van der Waals surface area contributed by atoms with E-state index in [0.29, 0.717) is 16.7 Å². The summed E-state index contributed by atoms with van der Waals surface area (Å²) >= 11 is 5.47. The van der Waals surface area contributed by atoms with Crippen LogP contribution in [0.2, 0.25) is 0 Å². The Morgan fingerprint density at radius 1 is 1.36 bits per heavy atom. The van der Waals surface area contributed by atoms with E-state index in [9.17, 15) is 13.2 Å². The first-order valence-corrected chi connectivity index (χ1v) is 8.86. The number of hydrogen-bond acceptors (Lipinski definition) is 2. The van der Waals surface area contributed by atoms with Crippen LogP contribution in [-0.4, -0.2) is 17.7 Å². The molecule has 0 heterocycles. The molecule has 1 fully saturated rings. The molecular formula is C18H22F3N3S. The fourth-order valence-electron chi connectivity index (χ4n) is 3.13. The SMILES string of the molecule is C[C@H]1CCCC[C@H]1NC(=S)N(CCC#N)c1cccc(C(F)(F)F)c1. The van der Waals surface area contributed by atoms with Crippen LogP contribution in [0.4, 0.5) is 18.9 Å². The zero-order valence-electron chi connectivity index (χ0n) is 14.1. The Morgan fingerprint density at radius 3 is 2.72 bits per heavy atom. The van der Waals surface area contributed by atoms with Crippen LogP contribution in [0.5, 0.6) is 0 Å². The molecule has 1 saturated carbocycles. The lowest BCUT2D eigenvalue weighted by atomic mass is 9.86. The van der Waals surface area contributed by atoms with Crippen molar-refractivity contribution < 1.29 is 13.2 Å². The monoisotopic (exact) mass is 369 g/mol. The van der Waals surface area contributed by atoms with Crippen molar-refractivity contribution in [3.05, 3.63) is 29.8 Å². The minimum atomic E-state index is -4.41. The molecule has 25 heavy (non-hydrogen) atoms. The van der Waals surface area contributed by atoms with Crippen molar-refractivity contribution >= 4 is 23.0 Å². The summed E-state index contributed by atoms with van der Waals surface area (Å²) in [6.45, 7) is 2.41. The summed E-state index contributed by atoms with van der Waals surface area (Å²) < 4.78 is 39.0. The van der Waals surface area contributed by atoms with Crippen molar-refractivity contribution in [2.75, 3.05) is 11.4 Å². The number of anilines is 1. The number of rotatable bonds is 4. The van der Waals surface area contributed by atoms with Crippen LogP contribution in [0.3, 0.4) is 0 Å². The first kappa shape index (κ1) is 19.5. The molecule has 136 valence electrons. The first-order chi connectivity index (χ1) is 11.8. The Hall–Kier alpha value is -1.81. The molecular weight excluding hydrogens is 347 g/mol. The van der Waals surface area contributed by atoms with Crippen molar-refractivity contribution in [3.8, 4) is 6.07 Å². The Morgan fingerprint density at radius 2 is 2.08 bits per heavy atom. The van der Waals surface area contributed by atoms with E-state index in [1.54, 1.807) is 11.0 Å². The number of nitriles is 1. The molecule has 1 aliphatic carbocycles. The summed E-state index contributed by atoms with van der Waals surface area (Å²) in [6, 6.07) is 7.31. The van der Waals surface area contributed by atoms with Crippen molar-refractivity contribution in [1.29, 1.82) is 5.26 Å². The van der Waals surface area contributed by atoms with E-state index in [4.69, 9.17) is 17.5 Å². The highest BCUT2D eigenvalue weighted by molar-refractivity contribution is 7.80. The standard InChI is InChI=1S/C18H22F3N3S/c1-13-6-2-3-9-16(13)23-17(25)24(11-5-10-22)15-8-4-7-14(12-15)18(19,20)21/h4,7-8,12-13,16H,2-3,5-6,9,11H2,1H3,(H,23,25)/t13-,16+/m0/s1. The van der Waals surface area contributed by atoms with Gasteiger partial charge in [0.1, 0.15) is 0 Å². The number of benzene rings is 1. The summed E-state index contributed by atoms with van der Waals surface area (Å²) in [5.74, 6) is 0.464. The van der Waals surface area contributed by atoms with E-state index in [2.05, 4.69) is 12.2 Å². The number of halogens is 3. The molecule has 0 spiro atoms.